The molecule has 120 valence electrons. The van der Waals surface area contributed by atoms with Gasteiger partial charge in [0.05, 0.1) is 16.5 Å². The minimum Gasteiger partial charge on any atom is -0.324 e. The molecule has 1 aromatic rings. The van der Waals surface area contributed by atoms with Gasteiger partial charge < -0.3 is 10.2 Å². The number of anilines is 1. The van der Waals surface area contributed by atoms with Crippen LogP contribution < -0.4 is 5.32 Å². The molecule has 3 nitrogen and oxygen atoms in total. The summed E-state index contributed by atoms with van der Waals surface area (Å²) in [5, 5.41) is 3.80. The summed E-state index contributed by atoms with van der Waals surface area (Å²) in [4.78, 5) is 14.1. The fraction of sp³-hybridized carbons (Fsp3) is 0.500. The van der Waals surface area contributed by atoms with E-state index in [9.17, 15) is 4.79 Å². The Morgan fingerprint density at radius 3 is 2.52 bits per heavy atom. The smallest absolute Gasteiger partial charge is 0.234 e. The third-order valence-electron chi connectivity index (χ3n) is 2.88. The van der Waals surface area contributed by atoms with Gasteiger partial charge in [-0.3, -0.25) is 4.79 Å². The first-order chi connectivity index (χ1) is 9.56. The number of benzene rings is 1. The van der Waals surface area contributed by atoms with Gasteiger partial charge in [-0.1, -0.05) is 37.0 Å². The monoisotopic (exact) mass is 370 g/mol. The van der Waals surface area contributed by atoms with E-state index in [1.807, 2.05) is 0 Å². The summed E-state index contributed by atoms with van der Waals surface area (Å²) in [7, 11) is 0. The first kappa shape index (κ1) is 20.9. The molecule has 0 bridgehead atoms. The van der Waals surface area contributed by atoms with Crippen LogP contribution in [0.1, 0.15) is 13.8 Å². The zero-order chi connectivity index (χ0) is 15.0. The molecule has 0 heterocycles. The minimum absolute atomic E-state index is 0. The summed E-state index contributed by atoms with van der Waals surface area (Å²) < 4.78 is 0. The van der Waals surface area contributed by atoms with E-state index in [0.717, 1.165) is 25.4 Å². The largest absolute Gasteiger partial charge is 0.324 e. The summed E-state index contributed by atoms with van der Waals surface area (Å²) in [5.41, 5.74) is 0.602. The van der Waals surface area contributed by atoms with Crippen LogP contribution in [0, 0.1) is 0 Å². The molecule has 0 spiro atoms. The summed E-state index contributed by atoms with van der Waals surface area (Å²) in [6.07, 6.45) is 0. The number of hydrogen-bond donors (Lipinski definition) is 1. The highest BCUT2D eigenvalue weighted by atomic mass is 35.5. The van der Waals surface area contributed by atoms with Gasteiger partial charge in [0, 0.05) is 17.3 Å². The van der Waals surface area contributed by atoms with Crippen LogP contribution in [0.5, 0.6) is 0 Å². The van der Waals surface area contributed by atoms with Gasteiger partial charge in [-0.15, -0.1) is 12.4 Å². The number of carbonyl (C=O) groups is 1. The van der Waals surface area contributed by atoms with Gasteiger partial charge in [-0.25, -0.2) is 0 Å². The Bertz CT molecular complexity index is 442. The molecule has 0 saturated carbocycles. The molecule has 1 amide bonds. The Hall–Kier alpha value is -0.130. The van der Waals surface area contributed by atoms with E-state index in [0.29, 0.717) is 21.5 Å². The lowest BCUT2D eigenvalue weighted by Gasteiger charge is -2.17. The van der Waals surface area contributed by atoms with Crippen LogP contribution in [0.25, 0.3) is 0 Å². The fourth-order valence-corrected chi connectivity index (χ4v) is 2.92. The van der Waals surface area contributed by atoms with Crippen LogP contribution in [0.4, 0.5) is 5.69 Å². The van der Waals surface area contributed by atoms with Crippen molar-refractivity contribution >= 4 is 59.0 Å². The van der Waals surface area contributed by atoms with E-state index in [1.165, 1.54) is 0 Å². The highest BCUT2D eigenvalue weighted by Gasteiger charge is 2.07. The third kappa shape index (κ3) is 8.17. The quantitative estimate of drug-likeness (QED) is 0.686. The van der Waals surface area contributed by atoms with Crippen LogP contribution in [0.15, 0.2) is 18.2 Å². The molecular weight excluding hydrogens is 351 g/mol. The second-order valence-electron chi connectivity index (χ2n) is 4.25. The number of hydrogen-bond acceptors (Lipinski definition) is 3. The molecule has 0 saturated heterocycles. The molecule has 1 rings (SSSR count). The van der Waals surface area contributed by atoms with Gasteiger partial charge in [0.25, 0.3) is 0 Å². The average molecular weight is 372 g/mol. The van der Waals surface area contributed by atoms with Crippen molar-refractivity contribution in [3.8, 4) is 0 Å². The maximum absolute atomic E-state index is 11.8. The SMILES string of the molecule is CCN(CC)CCSCC(=O)Nc1ccc(Cl)cc1Cl.Cl. The van der Waals surface area contributed by atoms with E-state index in [4.69, 9.17) is 23.2 Å². The Kier molecular flexibility index (Phi) is 11.4. The van der Waals surface area contributed by atoms with Crippen molar-refractivity contribution in [1.29, 1.82) is 0 Å². The summed E-state index contributed by atoms with van der Waals surface area (Å²) >= 11 is 13.4. The van der Waals surface area contributed by atoms with Gasteiger partial charge >= 0.3 is 0 Å². The second-order valence-corrected chi connectivity index (χ2v) is 6.20. The number of rotatable bonds is 8. The van der Waals surface area contributed by atoms with Crippen molar-refractivity contribution in [1.82, 2.24) is 4.90 Å². The Morgan fingerprint density at radius 1 is 1.29 bits per heavy atom. The van der Waals surface area contributed by atoms with Crippen molar-refractivity contribution in [2.75, 3.05) is 36.5 Å². The molecule has 0 aliphatic heterocycles. The van der Waals surface area contributed by atoms with Crippen molar-refractivity contribution in [2.45, 2.75) is 13.8 Å². The van der Waals surface area contributed by atoms with Crippen molar-refractivity contribution < 1.29 is 4.79 Å². The van der Waals surface area contributed by atoms with Crippen molar-refractivity contribution in [3.63, 3.8) is 0 Å². The normalized spacial score (nSPS) is 10.3. The standard InChI is InChI=1S/C14H20Cl2N2OS.ClH/c1-3-18(4-2)7-8-20-10-14(19)17-13-6-5-11(15)9-12(13)16;/h5-6,9H,3-4,7-8,10H2,1-2H3,(H,17,19);1H. The van der Waals surface area contributed by atoms with Gasteiger partial charge in [0.2, 0.25) is 5.91 Å². The van der Waals surface area contributed by atoms with Gasteiger partial charge in [0.15, 0.2) is 0 Å². The second kappa shape index (κ2) is 11.4. The first-order valence-corrected chi connectivity index (χ1v) is 8.52. The topological polar surface area (TPSA) is 32.3 Å². The van der Waals surface area contributed by atoms with E-state index in [-0.39, 0.29) is 18.3 Å². The van der Waals surface area contributed by atoms with Crippen LogP contribution >= 0.6 is 47.4 Å². The number of nitrogens with zero attached hydrogens (tertiary/aromatic N) is 1. The van der Waals surface area contributed by atoms with Crippen molar-refractivity contribution in [2.24, 2.45) is 0 Å². The fourth-order valence-electron chi connectivity index (χ4n) is 1.68. The summed E-state index contributed by atoms with van der Waals surface area (Å²) in [6, 6.07) is 5.03. The highest BCUT2D eigenvalue weighted by molar-refractivity contribution is 7.99. The molecule has 0 atom stereocenters. The Labute approximate surface area is 147 Å². The van der Waals surface area contributed by atoms with Crippen LogP contribution in [0.3, 0.4) is 0 Å². The lowest BCUT2D eigenvalue weighted by molar-refractivity contribution is -0.113. The predicted molar refractivity (Wildman–Crippen MR) is 97.5 cm³/mol. The summed E-state index contributed by atoms with van der Waals surface area (Å²) in [5.74, 6) is 1.34. The van der Waals surface area contributed by atoms with E-state index >= 15 is 0 Å². The molecule has 1 N–H and O–H groups in total. The maximum atomic E-state index is 11.8. The first-order valence-electron chi connectivity index (χ1n) is 6.61. The molecule has 1 aromatic carbocycles. The number of halogens is 3. The lowest BCUT2D eigenvalue weighted by Crippen LogP contribution is -2.26. The van der Waals surface area contributed by atoms with E-state index < -0.39 is 0 Å². The van der Waals surface area contributed by atoms with Gasteiger partial charge in [-0.2, -0.15) is 11.8 Å². The average Bonchev–Trinajstić information content (AvgIpc) is 2.42. The molecule has 7 heteroatoms. The van der Waals surface area contributed by atoms with Crippen LogP contribution in [-0.2, 0) is 4.79 Å². The molecule has 0 fully saturated rings. The molecule has 21 heavy (non-hydrogen) atoms. The number of nitrogens with one attached hydrogen (secondary N) is 1. The van der Waals surface area contributed by atoms with Crippen LogP contribution in [-0.4, -0.2) is 41.9 Å². The number of thioether (sulfide) groups is 1. The molecule has 0 aromatic heterocycles. The number of amides is 1. The predicted octanol–water partition coefficient (Wildman–Crippen LogP) is 4.43. The highest BCUT2D eigenvalue weighted by Crippen LogP contribution is 2.25. The molecule has 0 aliphatic carbocycles. The maximum Gasteiger partial charge on any atom is 0.234 e. The number of carbonyl (C=O) groups excluding carboxylic acids is 1. The van der Waals surface area contributed by atoms with Crippen molar-refractivity contribution in [3.05, 3.63) is 28.2 Å². The van der Waals surface area contributed by atoms with Gasteiger partial charge in [-0.05, 0) is 31.3 Å². The minimum atomic E-state index is -0.0428. The van der Waals surface area contributed by atoms with Crippen LogP contribution in [0.2, 0.25) is 10.0 Å². The molecular formula is C14H21Cl3N2OS. The molecule has 0 radical (unpaired) electrons. The Balaban J connectivity index is 0.00000400. The molecule has 0 unspecified atom stereocenters. The lowest BCUT2D eigenvalue weighted by atomic mass is 10.3. The van der Waals surface area contributed by atoms with E-state index in [1.54, 1.807) is 30.0 Å². The Morgan fingerprint density at radius 2 is 1.95 bits per heavy atom. The van der Waals surface area contributed by atoms with Gasteiger partial charge in [0.1, 0.15) is 0 Å². The summed E-state index contributed by atoms with van der Waals surface area (Å²) in [6.45, 7) is 7.38. The zero-order valence-corrected chi connectivity index (χ0v) is 15.3. The zero-order valence-electron chi connectivity index (χ0n) is 12.2. The molecule has 0 aliphatic rings. The van der Waals surface area contributed by atoms with E-state index in [2.05, 4.69) is 24.1 Å². The third-order valence-corrected chi connectivity index (χ3v) is 4.37.